The Hall–Kier alpha value is -1.56. The van der Waals surface area contributed by atoms with Gasteiger partial charge in [-0.25, -0.2) is 4.79 Å². The maximum atomic E-state index is 11.6. The number of carboxylic acids is 1. The monoisotopic (exact) mass is 299 g/mol. The van der Waals surface area contributed by atoms with E-state index in [2.05, 4.69) is 15.9 Å². The summed E-state index contributed by atoms with van der Waals surface area (Å²) in [5.41, 5.74) is 0.621. The molecule has 0 saturated carbocycles. The Kier molecular flexibility index (Phi) is 3.33. The van der Waals surface area contributed by atoms with Gasteiger partial charge in [-0.3, -0.25) is 9.69 Å². The van der Waals surface area contributed by atoms with Gasteiger partial charge in [0.05, 0.1) is 0 Å². The predicted molar refractivity (Wildman–Crippen MR) is 64.0 cm³/mol. The van der Waals surface area contributed by atoms with E-state index in [4.69, 9.17) is 9.84 Å². The number of hydrogen-bond donors (Lipinski definition) is 1. The van der Waals surface area contributed by atoms with Crippen LogP contribution in [-0.2, 0) is 9.53 Å². The number of ether oxygens (including phenoxy) is 1. The van der Waals surface area contributed by atoms with Crippen LogP contribution in [0.25, 0.3) is 0 Å². The second kappa shape index (κ2) is 4.75. The van der Waals surface area contributed by atoms with Crippen molar-refractivity contribution in [1.29, 1.82) is 0 Å². The minimum absolute atomic E-state index is 0.0708. The lowest BCUT2D eigenvalue weighted by Gasteiger charge is -2.30. The highest BCUT2D eigenvalue weighted by Crippen LogP contribution is 2.24. The van der Waals surface area contributed by atoms with E-state index in [0.29, 0.717) is 5.69 Å². The van der Waals surface area contributed by atoms with Gasteiger partial charge in [0.2, 0.25) is 0 Å². The molecule has 2 rings (SSSR count). The van der Waals surface area contributed by atoms with Crippen LogP contribution in [0.1, 0.15) is 0 Å². The van der Waals surface area contributed by atoms with Crippen LogP contribution in [-0.4, -0.2) is 30.3 Å². The summed E-state index contributed by atoms with van der Waals surface area (Å²) in [6, 6.07) is 7.08. The van der Waals surface area contributed by atoms with E-state index < -0.39 is 18.0 Å². The number of halogens is 1. The van der Waals surface area contributed by atoms with E-state index in [-0.39, 0.29) is 13.2 Å². The molecule has 0 aromatic heterocycles. The first kappa shape index (κ1) is 11.9. The molecule has 5 nitrogen and oxygen atoms in total. The van der Waals surface area contributed by atoms with Gasteiger partial charge in [-0.15, -0.1) is 0 Å². The highest BCUT2D eigenvalue weighted by Gasteiger charge is 2.32. The first-order valence-electron chi connectivity index (χ1n) is 5.00. The number of nitrogens with zero attached hydrogens (tertiary/aromatic N) is 1. The molecule has 0 bridgehead atoms. The van der Waals surface area contributed by atoms with Gasteiger partial charge in [0.1, 0.15) is 12.5 Å². The largest absolute Gasteiger partial charge is 0.481 e. The van der Waals surface area contributed by atoms with Crippen molar-refractivity contribution >= 4 is 33.7 Å². The van der Waals surface area contributed by atoms with Gasteiger partial charge in [0.15, 0.2) is 0 Å². The number of carbonyl (C=O) groups is 2. The number of cyclic esters (lactones) is 1. The molecule has 0 radical (unpaired) electrons. The van der Waals surface area contributed by atoms with E-state index in [1.807, 2.05) is 6.07 Å². The lowest BCUT2D eigenvalue weighted by Crippen LogP contribution is -2.45. The quantitative estimate of drug-likeness (QED) is 0.908. The summed E-state index contributed by atoms with van der Waals surface area (Å²) in [5.74, 6) is -1.65. The minimum atomic E-state index is -0.961. The molecular formula is C11H10BrNO4. The van der Waals surface area contributed by atoms with Crippen molar-refractivity contribution in [3.05, 3.63) is 28.7 Å². The fourth-order valence-corrected chi connectivity index (χ4v) is 1.99. The van der Waals surface area contributed by atoms with E-state index >= 15 is 0 Å². The smallest absolute Gasteiger partial charge is 0.414 e. The van der Waals surface area contributed by atoms with Crippen LogP contribution in [0.3, 0.4) is 0 Å². The van der Waals surface area contributed by atoms with Crippen LogP contribution >= 0.6 is 15.9 Å². The van der Waals surface area contributed by atoms with Crippen LogP contribution in [0.5, 0.6) is 0 Å². The Bertz CT molecular complexity index is 463. The summed E-state index contributed by atoms with van der Waals surface area (Å²) < 4.78 is 5.67. The number of anilines is 1. The Morgan fingerprint density at radius 3 is 2.94 bits per heavy atom. The lowest BCUT2D eigenvalue weighted by molar-refractivity contribution is -0.143. The second-order valence-electron chi connectivity index (χ2n) is 3.70. The molecule has 0 aliphatic carbocycles. The van der Waals surface area contributed by atoms with Gasteiger partial charge in [-0.1, -0.05) is 22.0 Å². The molecule has 1 fully saturated rings. The standard InChI is InChI=1S/C11H10BrNO4/c12-8-2-1-3-9(4-8)13-5-7(10(14)15)6-17-11(13)16/h1-4,7H,5-6H2,(H,14,15). The van der Waals surface area contributed by atoms with Gasteiger partial charge in [0, 0.05) is 16.7 Å². The number of benzene rings is 1. The zero-order valence-corrected chi connectivity index (χ0v) is 10.4. The molecule has 17 heavy (non-hydrogen) atoms. The summed E-state index contributed by atoms with van der Waals surface area (Å²) in [5, 5.41) is 8.92. The van der Waals surface area contributed by atoms with Gasteiger partial charge in [-0.05, 0) is 18.2 Å². The lowest BCUT2D eigenvalue weighted by atomic mass is 10.1. The SMILES string of the molecule is O=C(O)C1COC(=O)N(c2cccc(Br)c2)C1. The highest BCUT2D eigenvalue weighted by atomic mass is 79.9. The number of amides is 1. The van der Waals surface area contributed by atoms with Crippen molar-refractivity contribution in [1.82, 2.24) is 0 Å². The third kappa shape index (κ3) is 2.58. The van der Waals surface area contributed by atoms with Crippen molar-refractivity contribution in [3.8, 4) is 0 Å². The van der Waals surface area contributed by atoms with Crippen LogP contribution in [0.2, 0.25) is 0 Å². The molecule has 1 amide bonds. The van der Waals surface area contributed by atoms with E-state index in [0.717, 1.165) is 4.47 Å². The molecule has 1 unspecified atom stereocenters. The van der Waals surface area contributed by atoms with Crippen LogP contribution in [0, 0.1) is 5.92 Å². The zero-order chi connectivity index (χ0) is 12.4. The topological polar surface area (TPSA) is 66.8 Å². The Labute approximate surface area is 106 Å². The van der Waals surface area contributed by atoms with Crippen molar-refractivity contribution in [2.24, 2.45) is 5.92 Å². The maximum absolute atomic E-state index is 11.6. The average molecular weight is 300 g/mol. The first-order chi connectivity index (χ1) is 8.08. The molecule has 1 aromatic rings. The molecule has 1 atom stereocenters. The fourth-order valence-electron chi connectivity index (χ4n) is 1.60. The maximum Gasteiger partial charge on any atom is 0.414 e. The third-order valence-corrected chi connectivity index (χ3v) is 2.99. The molecule has 1 aliphatic heterocycles. The molecule has 1 aromatic carbocycles. The number of carboxylic acid groups (broad SMARTS) is 1. The van der Waals surface area contributed by atoms with E-state index in [9.17, 15) is 9.59 Å². The molecule has 0 spiro atoms. The van der Waals surface area contributed by atoms with Crippen molar-refractivity contribution < 1.29 is 19.4 Å². The Balaban J connectivity index is 2.23. The summed E-state index contributed by atoms with van der Waals surface area (Å²) in [4.78, 5) is 23.8. The van der Waals surface area contributed by atoms with Crippen molar-refractivity contribution in [2.45, 2.75) is 0 Å². The van der Waals surface area contributed by atoms with Gasteiger partial charge >= 0.3 is 12.1 Å². The number of aliphatic carboxylic acids is 1. The number of carbonyl (C=O) groups excluding carboxylic acids is 1. The Morgan fingerprint density at radius 1 is 1.53 bits per heavy atom. The number of rotatable bonds is 2. The first-order valence-corrected chi connectivity index (χ1v) is 5.80. The molecule has 90 valence electrons. The summed E-state index contributed by atoms with van der Waals surface area (Å²) >= 11 is 3.30. The fraction of sp³-hybridized carbons (Fsp3) is 0.273. The number of hydrogen-bond acceptors (Lipinski definition) is 3. The van der Waals surface area contributed by atoms with E-state index in [1.165, 1.54) is 4.90 Å². The molecule has 1 N–H and O–H groups in total. The molecule has 1 aliphatic rings. The van der Waals surface area contributed by atoms with Gasteiger partial charge in [-0.2, -0.15) is 0 Å². The summed E-state index contributed by atoms with van der Waals surface area (Å²) in [6.45, 7) is 0.0588. The molecule has 6 heteroatoms. The molecule has 1 heterocycles. The van der Waals surface area contributed by atoms with Crippen molar-refractivity contribution in [2.75, 3.05) is 18.1 Å². The Morgan fingerprint density at radius 2 is 2.29 bits per heavy atom. The van der Waals surface area contributed by atoms with Crippen molar-refractivity contribution in [3.63, 3.8) is 0 Å². The van der Waals surface area contributed by atoms with Crippen LogP contribution < -0.4 is 4.90 Å². The third-order valence-electron chi connectivity index (χ3n) is 2.50. The van der Waals surface area contributed by atoms with Crippen LogP contribution in [0.4, 0.5) is 10.5 Å². The molecular weight excluding hydrogens is 290 g/mol. The highest BCUT2D eigenvalue weighted by molar-refractivity contribution is 9.10. The van der Waals surface area contributed by atoms with Gasteiger partial charge in [0.25, 0.3) is 0 Å². The molecule has 1 saturated heterocycles. The second-order valence-corrected chi connectivity index (χ2v) is 4.62. The van der Waals surface area contributed by atoms with Gasteiger partial charge < -0.3 is 9.84 Å². The normalized spacial score (nSPS) is 19.9. The van der Waals surface area contributed by atoms with Crippen LogP contribution in [0.15, 0.2) is 28.7 Å². The average Bonchev–Trinajstić information content (AvgIpc) is 2.29. The summed E-state index contributed by atoms with van der Waals surface area (Å²) in [6.07, 6.45) is -0.513. The zero-order valence-electron chi connectivity index (χ0n) is 8.80. The predicted octanol–water partition coefficient (Wildman–Crippen LogP) is 2.11. The minimum Gasteiger partial charge on any atom is -0.481 e. The summed E-state index contributed by atoms with van der Waals surface area (Å²) in [7, 11) is 0. The van der Waals surface area contributed by atoms with E-state index in [1.54, 1.807) is 18.2 Å².